The standard InChI is InChI=1S/C12H16Cl2N2O3/c1-7(12(18)19)4-3-5-15-11(17)9-6-8(13)10(14)16(9)2/h6-7H,3-5H2,1-2H3,(H,15,17)(H,18,19). The van der Waals surface area contributed by atoms with E-state index in [0.717, 1.165) is 0 Å². The molecule has 0 aliphatic carbocycles. The summed E-state index contributed by atoms with van der Waals surface area (Å²) >= 11 is 11.7. The van der Waals surface area contributed by atoms with Crippen molar-refractivity contribution in [1.29, 1.82) is 0 Å². The number of halogens is 2. The number of carboxylic acids is 1. The molecule has 0 fully saturated rings. The third-order valence-electron chi connectivity index (χ3n) is 2.87. The van der Waals surface area contributed by atoms with Crippen LogP contribution in [0.15, 0.2) is 6.07 Å². The van der Waals surface area contributed by atoms with Crippen LogP contribution >= 0.6 is 23.2 Å². The van der Waals surface area contributed by atoms with Crippen LogP contribution < -0.4 is 5.32 Å². The van der Waals surface area contributed by atoms with E-state index in [1.54, 1.807) is 14.0 Å². The second-order valence-electron chi connectivity index (χ2n) is 4.36. The molecule has 106 valence electrons. The molecule has 2 N–H and O–H groups in total. The molecule has 1 heterocycles. The molecule has 5 nitrogen and oxygen atoms in total. The molecule has 0 spiro atoms. The average molecular weight is 307 g/mol. The lowest BCUT2D eigenvalue weighted by molar-refractivity contribution is -0.141. The second-order valence-corrected chi connectivity index (χ2v) is 5.13. The summed E-state index contributed by atoms with van der Waals surface area (Å²) in [4.78, 5) is 22.5. The van der Waals surface area contributed by atoms with Gasteiger partial charge >= 0.3 is 5.97 Å². The van der Waals surface area contributed by atoms with Gasteiger partial charge in [-0.2, -0.15) is 0 Å². The van der Waals surface area contributed by atoms with E-state index < -0.39 is 11.9 Å². The number of rotatable bonds is 6. The number of carboxylic acid groups (broad SMARTS) is 1. The molecule has 7 heteroatoms. The molecule has 1 atom stereocenters. The zero-order chi connectivity index (χ0) is 14.6. The highest BCUT2D eigenvalue weighted by atomic mass is 35.5. The highest BCUT2D eigenvalue weighted by molar-refractivity contribution is 6.41. The van der Waals surface area contributed by atoms with Gasteiger partial charge in [-0.05, 0) is 18.9 Å². The number of carbonyl (C=O) groups excluding carboxylic acids is 1. The summed E-state index contributed by atoms with van der Waals surface area (Å²) in [6.45, 7) is 2.05. The molecule has 1 aromatic heterocycles. The maximum Gasteiger partial charge on any atom is 0.306 e. The number of aliphatic carboxylic acids is 1. The Balaban J connectivity index is 2.44. The Bertz CT molecular complexity index is 486. The number of hydrogen-bond acceptors (Lipinski definition) is 2. The molecule has 1 unspecified atom stereocenters. The average Bonchev–Trinajstić information content (AvgIpc) is 2.61. The molecule has 19 heavy (non-hydrogen) atoms. The molecule has 1 aromatic rings. The topological polar surface area (TPSA) is 71.3 Å². The minimum atomic E-state index is -0.827. The van der Waals surface area contributed by atoms with Gasteiger partial charge in [0.25, 0.3) is 5.91 Å². The lowest BCUT2D eigenvalue weighted by Crippen LogP contribution is -2.27. The van der Waals surface area contributed by atoms with Crippen LogP contribution in [0.1, 0.15) is 30.3 Å². The van der Waals surface area contributed by atoms with Crippen LogP contribution in [0.25, 0.3) is 0 Å². The lowest BCUT2D eigenvalue weighted by atomic mass is 10.1. The summed E-state index contributed by atoms with van der Waals surface area (Å²) in [5.41, 5.74) is 0.376. The monoisotopic (exact) mass is 306 g/mol. The molecule has 0 bridgehead atoms. The van der Waals surface area contributed by atoms with Gasteiger partial charge in [0, 0.05) is 13.6 Å². The van der Waals surface area contributed by atoms with Crippen LogP contribution in [0.3, 0.4) is 0 Å². The number of hydrogen-bond donors (Lipinski definition) is 2. The number of nitrogens with zero attached hydrogens (tertiary/aromatic N) is 1. The third kappa shape index (κ3) is 4.14. The first-order valence-electron chi connectivity index (χ1n) is 5.86. The first kappa shape index (κ1) is 15.9. The smallest absolute Gasteiger partial charge is 0.306 e. The highest BCUT2D eigenvalue weighted by Gasteiger charge is 2.15. The molecule has 0 radical (unpaired) electrons. The largest absolute Gasteiger partial charge is 0.481 e. The fourth-order valence-corrected chi connectivity index (χ4v) is 1.96. The van der Waals surface area contributed by atoms with Crippen molar-refractivity contribution in [1.82, 2.24) is 9.88 Å². The van der Waals surface area contributed by atoms with Crippen molar-refractivity contribution in [3.8, 4) is 0 Å². The van der Waals surface area contributed by atoms with Crippen LogP contribution in [0.4, 0.5) is 0 Å². The SMILES string of the molecule is CC(CCCNC(=O)c1cc(Cl)c(Cl)n1C)C(=O)O. The van der Waals surface area contributed by atoms with Gasteiger partial charge in [-0.15, -0.1) is 0 Å². The summed E-state index contributed by atoms with van der Waals surface area (Å²) in [7, 11) is 1.65. The van der Waals surface area contributed by atoms with Crippen LogP contribution in [0.5, 0.6) is 0 Å². The van der Waals surface area contributed by atoms with Gasteiger partial charge in [-0.3, -0.25) is 9.59 Å². The zero-order valence-corrected chi connectivity index (χ0v) is 12.3. The summed E-state index contributed by atoms with van der Waals surface area (Å²) < 4.78 is 1.50. The summed E-state index contributed by atoms with van der Waals surface area (Å²) in [6.07, 6.45) is 1.12. The predicted octanol–water partition coefficient (Wildman–Crippen LogP) is 2.56. The van der Waals surface area contributed by atoms with Gasteiger partial charge in [0.2, 0.25) is 0 Å². The first-order chi connectivity index (χ1) is 8.84. The molecule has 0 aliphatic rings. The Kier molecular flexibility index (Phi) is 5.69. The van der Waals surface area contributed by atoms with Crippen molar-refractivity contribution in [3.63, 3.8) is 0 Å². The normalized spacial score (nSPS) is 12.2. The Labute approximate surface area is 121 Å². The molecule has 0 saturated carbocycles. The van der Waals surface area contributed by atoms with Crippen LogP contribution in [0.2, 0.25) is 10.2 Å². The molecule has 0 aliphatic heterocycles. The van der Waals surface area contributed by atoms with E-state index in [0.29, 0.717) is 35.3 Å². The second kappa shape index (κ2) is 6.82. The fraction of sp³-hybridized carbons (Fsp3) is 0.500. The quantitative estimate of drug-likeness (QED) is 0.793. The Morgan fingerprint density at radius 1 is 1.47 bits per heavy atom. The number of amides is 1. The van der Waals surface area contributed by atoms with E-state index in [9.17, 15) is 9.59 Å². The van der Waals surface area contributed by atoms with Crippen LogP contribution in [0, 0.1) is 5.92 Å². The van der Waals surface area contributed by atoms with Gasteiger partial charge in [0.15, 0.2) is 0 Å². The first-order valence-corrected chi connectivity index (χ1v) is 6.62. The molecular formula is C12H16Cl2N2O3. The van der Waals surface area contributed by atoms with E-state index in [-0.39, 0.29) is 5.91 Å². The van der Waals surface area contributed by atoms with Gasteiger partial charge < -0.3 is 15.0 Å². The number of aromatic nitrogens is 1. The van der Waals surface area contributed by atoms with Crippen LogP contribution in [-0.2, 0) is 11.8 Å². The zero-order valence-electron chi connectivity index (χ0n) is 10.7. The maximum absolute atomic E-state index is 11.8. The molecule has 0 aromatic carbocycles. The Morgan fingerprint density at radius 3 is 2.58 bits per heavy atom. The molecule has 1 amide bonds. The molecule has 0 saturated heterocycles. The predicted molar refractivity (Wildman–Crippen MR) is 73.8 cm³/mol. The summed E-state index contributed by atoms with van der Waals surface area (Å²) in [5, 5.41) is 12.1. The summed E-state index contributed by atoms with van der Waals surface area (Å²) in [5.74, 6) is -1.51. The minimum absolute atomic E-state index is 0.278. The lowest BCUT2D eigenvalue weighted by Gasteiger charge is -2.08. The van der Waals surface area contributed by atoms with Gasteiger partial charge in [0.05, 0.1) is 10.9 Å². The van der Waals surface area contributed by atoms with E-state index in [1.807, 2.05) is 0 Å². The Morgan fingerprint density at radius 2 is 2.11 bits per heavy atom. The maximum atomic E-state index is 11.8. The Hall–Kier alpha value is -1.20. The number of carbonyl (C=O) groups is 2. The highest BCUT2D eigenvalue weighted by Crippen LogP contribution is 2.24. The fourth-order valence-electron chi connectivity index (χ4n) is 1.58. The van der Waals surface area contributed by atoms with E-state index in [1.165, 1.54) is 10.6 Å². The van der Waals surface area contributed by atoms with E-state index in [2.05, 4.69) is 5.32 Å². The van der Waals surface area contributed by atoms with Gasteiger partial charge in [-0.1, -0.05) is 30.1 Å². The van der Waals surface area contributed by atoms with Crippen molar-refractivity contribution in [3.05, 3.63) is 21.9 Å². The van der Waals surface area contributed by atoms with Crippen molar-refractivity contribution in [2.75, 3.05) is 6.54 Å². The van der Waals surface area contributed by atoms with Crippen molar-refractivity contribution in [2.45, 2.75) is 19.8 Å². The van der Waals surface area contributed by atoms with Crippen LogP contribution in [-0.4, -0.2) is 28.1 Å². The minimum Gasteiger partial charge on any atom is -0.481 e. The van der Waals surface area contributed by atoms with Crippen molar-refractivity contribution in [2.24, 2.45) is 13.0 Å². The number of nitrogens with one attached hydrogen (secondary N) is 1. The molecule has 1 rings (SSSR count). The molecular weight excluding hydrogens is 291 g/mol. The van der Waals surface area contributed by atoms with Gasteiger partial charge in [0.1, 0.15) is 10.8 Å². The van der Waals surface area contributed by atoms with E-state index >= 15 is 0 Å². The van der Waals surface area contributed by atoms with Gasteiger partial charge in [-0.25, -0.2) is 0 Å². The van der Waals surface area contributed by atoms with Crippen molar-refractivity contribution >= 4 is 35.1 Å². The third-order valence-corrected chi connectivity index (χ3v) is 3.71. The summed E-state index contributed by atoms with van der Waals surface area (Å²) in [6, 6.07) is 1.50. The van der Waals surface area contributed by atoms with E-state index in [4.69, 9.17) is 28.3 Å². The van der Waals surface area contributed by atoms with Crippen molar-refractivity contribution < 1.29 is 14.7 Å².